The number of halogens is 3. The summed E-state index contributed by atoms with van der Waals surface area (Å²) in [4.78, 5) is 26.2. The second kappa shape index (κ2) is 7.11. The molecule has 2 rings (SSSR count). The van der Waals surface area contributed by atoms with Crippen molar-refractivity contribution in [1.82, 2.24) is 9.80 Å². The first kappa shape index (κ1) is 18.1. The highest BCUT2D eigenvalue weighted by Gasteiger charge is 2.38. The number of benzene rings is 1. The number of nitrogens with zero attached hydrogens (tertiary/aromatic N) is 2. The van der Waals surface area contributed by atoms with Gasteiger partial charge in [-0.3, -0.25) is 9.59 Å². The Kier molecular flexibility index (Phi) is 5.36. The Hall–Kier alpha value is -2.25. The summed E-state index contributed by atoms with van der Waals surface area (Å²) < 4.78 is 43.9. The van der Waals surface area contributed by atoms with E-state index in [9.17, 15) is 22.8 Å². The number of carbonyl (C=O) groups excluding carboxylic acids is 2. The topological polar surface area (TPSA) is 49.9 Å². The lowest BCUT2D eigenvalue weighted by Crippen LogP contribution is -2.47. The summed E-state index contributed by atoms with van der Waals surface area (Å²) in [7, 11) is 2.87. The number of alkyl halides is 3. The maximum Gasteiger partial charge on any atom is 0.406 e. The number of fused-ring (bicyclic) bond motifs is 1. The van der Waals surface area contributed by atoms with Crippen LogP contribution in [0.15, 0.2) is 24.3 Å². The first-order valence-electron chi connectivity index (χ1n) is 7.46. The van der Waals surface area contributed by atoms with Crippen molar-refractivity contribution in [3.8, 4) is 5.75 Å². The van der Waals surface area contributed by atoms with E-state index in [2.05, 4.69) is 0 Å². The van der Waals surface area contributed by atoms with Crippen LogP contribution in [0.1, 0.15) is 17.9 Å². The number of para-hydroxylation sites is 1. The van der Waals surface area contributed by atoms with Gasteiger partial charge in [-0.1, -0.05) is 18.2 Å². The van der Waals surface area contributed by atoms with Crippen molar-refractivity contribution in [2.24, 2.45) is 0 Å². The standard InChI is InChI=1S/C16H19F3N2O3/c1-20(2)14(22)9-21(10-16(17,18)19)15(23)12-7-8-24-13-6-4-3-5-11(12)13/h3-6,12H,7-10H2,1-2H3/t12-/m1/s1. The van der Waals surface area contributed by atoms with Crippen LogP contribution in [0.25, 0.3) is 0 Å². The molecule has 1 atom stereocenters. The Morgan fingerprint density at radius 1 is 1.25 bits per heavy atom. The van der Waals surface area contributed by atoms with Gasteiger partial charge in [0, 0.05) is 19.7 Å². The van der Waals surface area contributed by atoms with Crippen LogP contribution < -0.4 is 4.74 Å². The molecule has 1 aromatic carbocycles. The maximum atomic E-state index is 12.8. The van der Waals surface area contributed by atoms with Gasteiger partial charge in [0.1, 0.15) is 18.8 Å². The largest absolute Gasteiger partial charge is 0.493 e. The summed E-state index contributed by atoms with van der Waals surface area (Å²) in [5.41, 5.74) is 0.554. The van der Waals surface area contributed by atoms with Gasteiger partial charge in [-0.25, -0.2) is 0 Å². The summed E-state index contributed by atoms with van der Waals surface area (Å²) in [6.45, 7) is -1.81. The molecule has 2 amide bonds. The molecule has 0 saturated heterocycles. The highest BCUT2D eigenvalue weighted by molar-refractivity contribution is 5.89. The molecule has 0 fully saturated rings. The average molecular weight is 344 g/mol. The summed E-state index contributed by atoms with van der Waals surface area (Å²) in [6, 6.07) is 6.77. The van der Waals surface area contributed by atoms with Crippen molar-refractivity contribution in [3.05, 3.63) is 29.8 Å². The van der Waals surface area contributed by atoms with E-state index in [1.807, 2.05) is 0 Å². The number of likely N-dealkylation sites (N-methyl/N-ethyl adjacent to an activating group) is 1. The molecule has 8 heteroatoms. The number of amides is 2. The zero-order chi connectivity index (χ0) is 17.9. The van der Waals surface area contributed by atoms with Crippen LogP contribution >= 0.6 is 0 Å². The van der Waals surface area contributed by atoms with Crippen LogP contribution in [0.4, 0.5) is 13.2 Å². The second-order valence-electron chi connectivity index (χ2n) is 5.83. The van der Waals surface area contributed by atoms with Crippen molar-refractivity contribution in [3.63, 3.8) is 0 Å². The molecule has 0 unspecified atom stereocenters. The molecule has 0 spiro atoms. The molecule has 0 radical (unpaired) electrons. The average Bonchev–Trinajstić information content (AvgIpc) is 2.51. The lowest BCUT2D eigenvalue weighted by molar-refractivity contribution is -0.165. The van der Waals surface area contributed by atoms with Gasteiger partial charge in [0.2, 0.25) is 11.8 Å². The smallest absolute Gasteiger partial charge is 0.406 e. The van der Waals surface area contributed by atoms with Crippen LogP contribution in [0, 0.1) is 0 Å². The third kappa shape index (κ3) is 4.39. The Morgan fingerprint density at radius 3 is 2.54 bits per heavy atom. The fourth-order valence-electron chi connectivity index (χ4n) is 2.55. The Balaban J connectivity index is 2.26. The fourth-order valence-corrected chi connectivity index (χ4v) is 2.55. The van der Waals surface area contributed by atoms with Crippen LogP contribution in [0.2, 0.25) is 0 Å². The molecule has 0 N–H and O–H groups in total. The van der Waals surface area contributed by atoms with Crippen molar-refractivity contribution in [1.29, 1.82) is 0 Å². The Morgan fingerprint density at radius 2 is 1.92 bits per heavy atom. The van der Waals surface area contributed by atoms with E-state index < -0.39 is 37.0 Å². The molecule has 1 aliphatic heterocycles. The fraction of sp³-hybridized carbons (Fsp3) is 0.500. The van der Waals surface area contributed by atoms with Gasteiger partial charge in [0.05, 0.1) is 12.5 Å². The molecule has 1 aromatic rings. The minimum Gasteiger partial charge on any atom is -0.493 e. The Labute approximate surface area is 138 Å². The van der Waals surface area contributed by atoms with Gasteiger partial charge in [-0.15, -0.1) is 0 Å². The lowest BCUT2D eigenvalue weighted by Gasteiger charge is -2.31. The predicted octanol–water partition coefficient (Wildman–Crippen LogP) is 2.03. The van der Waals surface area contributed by atoms with E-state index in [1.54, 1.807) is 24.3 Å². The maximum absolute atomic E-state index is 12.8. The van der Waals surface area contributed by atoms with E-state index in [-0.39, 0.29) is 13.0 Å². The summed E-state index contributed by atoms with van der Waals surface area (Å²) in [5.74, 6) is -1.52. The minimum absolute atomic E-state index is 0.245. The summed E-state index contributed by atoms with van der Waals surface area (Å²) in [6.07, 6.45) is -4.30. The zero-order valence-electron chi connectivity index (χ0n) is 13.5. The molecule has 0 aromatic heterocycles. The van der Waals surface area contributed by atoms with Crippen molar-refractivity contribution in [2.45, 2.75) is 18.5 Å². The third-order valence-corrected chi connectivity index (χ3v) is 3.76. The van der Waals surface area contributed by atoms with Gasteiger partial charge < -0.3 is 14.5 Å². The first-order valence-corrected chi connectivity index (χ1v) is 7.46. The van der Waals surface area contributed by atoms with Crippen molar-refractivity contribution >= 4 is 11.8 Å². The molecule has 0 saturated carbocycles. The molecule has 0 bridgehead atoms. The first-order chi connectivity index (χ1) is 11.2. The number of hydrogen-bond acceptors (Lipinski definition) is 3. The van der Waals surface area contributed by atoms with Gasteiger partial charge in [0.25, 0.3) is 0 Å². The molecule has 5 nitrogen and oxygen atoms in total. The second-order valence-corrected chi connectivity index (χ2v) is 5.83. The summed E-state index contributed by atoms with van der Waals surface area (Å²) in [5, 5.41) is 0. The predicted molar refractivity (Wildman–Crippen MR) is 80.6 cm³/mol. The van der Waals surface area contributed by atoms with Gasteiger partial charge >= 0.3 is 6.18 Å². The van der Waals surface area contributed by atoms with Gasteiger partial charge in [-0.05, 0) is 12.5 Å². The van der Waals surface area contributed by atoms with Gasteiger partial charge in [-0.2, -0.15) is 13.2 Å². The van der Waals surface area contributed by atoms with E-state index in [4.69, 9.17) is 4.74 Å². The zero-order valence-corrected chi connectivity index (χ0v) is 13.5. The molecule has 24 heavy (non-hydrogen) atoms. The molecular formula is C16H19F3N2O3. The van der Waals surface area contributed by atoms with Crippen LogP contribution in [-0.4, -0.2) is 61.6 Å². The summed E-state index contributed by atoms with van der Waals surface area (Å²) >= 11 is 0. The monoisotopic (exact) mass is 344 g/mol. The van der Waals surface area contributed by atoms with Crippen LogP contribution in [-0.2, 0) is 9.59 Å². The highest BCUT2D eigenvalue weighted by Crippen LogP contribution is 2.35. The quantitative estimate of drug-likeness (QED) is 0.840. The Bertz CT molecular complexity index is 617. The van der Waals surface area contributed by atoms with Crippen molar-refractivity contribution < 1.29 is 27.5 Å². The van der Waals surface area contributed by atoms with Gasteiger partial charge in [0.15, 0.2) is 0 Å². The number of ether oxygens (including phenoxy) is 1. The van der Waals surface area contributed by atoms with Crippen LogP contribution in [0.3, 0.4) is 0 Å². The minimum atomic E-state index is -4.58. The normalized spacial score (nSPS) is 16.8. The molecule has 1 aliphatic rings. The van der Waals surface area contributed by atoms with E-state index in [1.165, 1.54) is 14.1 Å². The highest BCUT2D eigenvalue weighted by atomic mass is 19.4. The molecule has 1 heterocycles. The molecule has 132 valence electrons. The number of carbonyl (C=O) groups is 2. The van der Waals surface area contributed by atoms with E-state index in [0.717, 1.165) is 4.90 Å². The van der Waals surface area contributed by atoms with Crippen LogP contribution in [0.5, 0.6) is 5.75 Å². The molecular weight excluding hydrogens is 325 g/mol. The number of rotatable bonds is 4. The number of hydrogen-bond donors (Lipinski definition) is 0. The molecule has 0 aliphatic carbocycles. The SMILES string of the molecule is CN(C)C(=O)CN(CC(F)(F)F)C(=O)[C@@H]1CCOc2ccccc21. The van der Waals surface area contributed by atoms with E-state index >= 15 is 0 Å². The lowest BCUT2D eigenvalue weighted by atomic mass is 9.91. The van der Waals surface area contributed by atoms with Crippen molar-refractivity contribution in [2.75, 3.05) is 33.8 Å². The third-order valence-electron chi connectivity index (χ3n) is 3.76. The van der Waals surface area contributed by atoms with E-state index in [0.29, 0.717) is 16.2 Å².